The molecule has 5 nitrogen and oxygen atoms in total. The largest absolute Gasteiger partial charge is 0.340 e. The summed E-state index contributed by atoms with van der Waals surface area (Å²) < 4.78 is 1.58. The Morgan fingerprint density at radius 3 is 2.93 bits per heavy atom. The Morgan fingerprint density at radius 1 is 1.80 bits per heavy atom. The second-order valence-corrected chi connectivity index (χ2v) is 3.62. The molecule has 0 aliphatic rings. The van der Waals surface area contributed by atoms with Crippen molar-refractivity contribution >= 4 is 5.91 Å². The number of rotatable bonds is 3. The first-order valence-corrected chi connectivity index (χ1v) is 4.68. The Balaban J connectivity index is 2.65. The molecule has 0 bridgehead atoms. The Kier molecular flexibility index (Phi) is 3.45. The van der Waals surface area contributed by atoms with E-state index in [1.54, 1.807) is 31.9 Å². The van der Waals surface area contributed by atoms with E-state index < -0.39 is 0 Å². The summed E-state index contributed by atoms with van der Waals surface area (Å²) in [6.07, 6.45) is 3.19. The highest BCUT2D eigenvalue weighted by Gasteiger charge is 2.15. The van der Waals surface area contributed by atoms with Gasteiger partial charge in [-0.25, -0.2) is 0 Å². The lowest BCUT2D eigenvalue weighted by Crippen LogP contribution is -2.30. The molecule has 0 spiro atoms. The fourth-order valence-corrected chi connectivity index (χ4v) is 1.29. The Morgan fingerprint density at radius 2 is 2.47 bits per heavy atom. The quantitative estimate of drug-likeness (QED) is 0.729. The summed E-state index contributed by atoms with van der Waals surface area (Å²) in [5.41, 5.74) is 0.546. The molecule has 0 unspecified atom stereocenters. The van der Waals surface area contributed by atoms with Gasteiger partial charge in [0.1, 0.15) is 0 Å². The smallest absolute Gasteiger partial charge is 0.256 e. The summed E-state index contributed by atoms with van der Waals surface area (Å²) in [6, 6.07) is 2.09. The normalized spacial score (nSPS) is 11.9. The summed E-state index contributed by atoms with van der Waals surface area (Å²) in [5, 5.41) is 12.6. The Bertz CT molecular complexity index is 390. The molecular formula is C10H14N4O. The van der Waals surface area contributed by atoms with Crippen LogP contribution >= 0.6 is 0 Å². The summed E-state index contributed by atoms with van der Waals surface area (Å²) in [6.45, 7) is 2.22. The molecule has 1 amide bonds. The zero-order valence-corrected chi connectivity index (χ0v) is 9.14. The third kappa shape index (κ3) is 2.81. The van der Waals surface area contributed by atoms with E-state index in [2.05, 4.69) is 11.2 Å². The average Bonchev–Trinajstić information content (AvgIpc) is 2.63. The number of carbonyl (C=O) groups is 1. The number of aromatic nitrogens is 2. The molecule has 0 aliphatic heterocycles. The van der Waals surface area contributed by atoms with E-state index in [-0.39, 0.29) is 11.8 Å². The highest BCUT2D eigenvalue weighted by atomic mass is 16.2. The van der Waals surface area contributed by atoms with Crippen molar-refractivity contribution in [3.8, 4) is 6.07 Å². The molecule has 1 atom stereocenters. The van der Waals surface area contributed by atoms with Gasteiger partial charge < -0.3 is 4.90 Å². The Labute approximate surface area is 88.9 Å². The lowest BCUT2D eigenvalue weighted by molar-refractivity contribution is 0.0785. The number of amides is 1. The maximum absolute atomic E-state index is 11.8. The number of hydrogen-bond donors (Lipinski definition) is 0. The van der Waals surface area contributed by atoms with Crippen LogP contribution in [0.2, 0.25) is 0 Å². The number of hydrogen-bond acceptors (Lipinski definition) is 3. The van der Waals surface area contributed by atoms with Crippen molar-refractivity contribution in [2.24, 2.45) is 13.0 Å². The molecule has 0 aromatic carbocycles. The highest BCUT2D eigenvalue weighted by Crippen LogP contribution is 2.04. The lowest BCUT2D eigenvalue weighted by Gasteiger charge is -2.16. The lowest BCUT2D eigenvalue weighted by atomic mass is 10.2. The van der Waals surface area contributed by atoms with Crippen LogP contribution in [-0.4, -0.2) is 34.2 Å². The van der Waals surface area contributed by atoms with Gasteiger partial charge in [-0.05, 0) is 6.92 Å². The van der Waals surface area contributed by atoms with Crippen LogP contribution in [0.3, 0.4) is 0 Å². The third-order valence-corrected chi connectivity index (χ3v) is 2.07. The molecule has 5 heteroatoms. The van der Waals surface area contributed by atoms with Gasteiger partial charge in [0.15, 0.2) is 0 Å². The minimum atomic E-state index is -0.157. The van der Waals surface area contributed by atoms with Gasteiger partial charge in [0.25, 0.3) is 5.91 Å². The van der Waals surface area contributed by atoms with Crippen molar-refractivity contribution in [3.63, 3.8) is 0 Å². The van der Waals surface area contributed by atoms with E-state index in [1.807, 2.05) is 0 Å². The molecule has 0 N–H and O–H groups in total. The maximum atomic E-state index is 11.8. The van der Waals surface area contributed by atoms with Crippen LogP contribution in [-0.2, 0) is 7.05 Å². The topological polar surface area (TPSA) is 61.9 Å². The number of nitriles is 1. The van der Waals surface area contributed by atoms with Gasteiger partial charge in [-0.15, -0.1) is 0 Å². The zero-order chi connectivity index (χ0) is 11.4. The molecule has 15 heavy (non-hydrogen) atoms. The number of carbonyl (C=O) groups excluding carboxylic acids is 1. The summed E-state index contributed by atoms with van der Waals surface area (Å²) in [4.78, 5) is 13.3. The van der Waals surface area contributed by atoms with Crippen LogP contribution in [0.15, 0.2) is 12.4 Å². The van der Waals surface area contributed by atoms with Crippen LogP contribution in [0.4, 0.5) is 0 Å². The molecule has 0 aliphatic carbocycles. The molecule has 1 aromatic rings. The molecule has 0 saturated heterocycles. The highest BCUT2D eigenvalue weighted by molar-refractivity contribution is 5.93. The number of nitrogens with zero attached hydrogens (tertiary/aromatic N) is 4. The van der Waals surface area contributed by atoms with E-state index in [1.165, 1.54) is 11.1 Å². The van der Waals surface area contributed by atoms with Crippen molar-refractivity contribution in [2.45, 2.75) is 6.92 Å². The van der Waals surface area contributed by atoms with Gasteiger partial charge in [0.05, 0.1) is 23.7 Å². The molecule has 0 radical (unpaired) electrons. The molecular weight excluding hydrogens is 192 g/mol. The summed E-state index contributed by atoms with van der Waals surface area (Å²) in [5.74, 6) is -0.263. The van der Waals surface area contributed by atoms with E-state index in [9.17, 15) is 4.79 Å². The van der Waals surface area contributed by atoms with Gasteiger partial charge >= 0.3 is 0 Å². The van der Waals surface area contributed by atoms with E-state index in [0.29, 0.717) is 12.1 Å². The van der Waals surface area contributed by atoms with Crippen molar-refractivity contribution in [3.05, 3.63) is 18.0 Å². The van der Waals surface area contributed by atoms with E-state index >= 15 is 0 Å². The van der Waals surface area contributed by atoms with Gasteiger partial charge in [0, 0.05) is 26.8 Å². The molecule has 0 saturated carbocycles. The van der Waals surface area contributed by atoms with E-state index in [4.69, 9.17) is 5.26 Å². The van der Waals surface area contributed by atoms with E-state index in [0.717, 1.165) is 0 Å². The SMILES string of the molecule is C[C@@H](C#N)CN(C)C(=O)c1cnn(C)c1. The van der Waals surface area contributed by atoms with Crippen molar-refractivity contribution < 1.29 is 4.79 Å². The van der Waals surface area contributed by atoms with Gasteiger partial charge in [-0.1, -0.05) is 0 Å². The molecule has 0 fully saturated rings. The second-order valence-electron chi connectivity index (χ2n) is 3.62. The van der Waals surface area contributed by atoms with Crippen molar-refractivity contribution in [1.82, 2.24) is 14.7 Å². The molecule has 1 heterocycles. The minimum absolute atomic E-state index is 0.106. The number of aryl methyl sites for hydroxylation is 1. The predicted molar refractivity (Wildman–Crippen MR) is 54.9 cm³/mol. The van der Waals surface area contributed by atoms with Crippen LogP contribution in [0, 0.1) is 17.2 Å². The van der Waals surface area contributed by atoms with Gasteiger partial charge in [-0.2, -0.15) is 10.4 Å². The van der Waals surface area contributed by atoms with Crippen LogP contribution in [0.5, 0.6) is 0 Å². The van der Waals surface area contributed by atoms with Crippen LogP contribution in [0.25, 0.3) is 0 Å². The first kappa shape index (κ1) is 11.2. The van der Waals surface area contributed by atoms with Crippen LogP contribution < -0.4 is 0 Å². The fourth-order valence-electron chi connectivity index (χ4n) is 1.29. The second kappa shape index (κ2) is 4.60. The van der Waals surface area contributed by atoms with Crippen LogP contribution in [0.1, 0.15) is 17.3 Å². The third-order valence-electron chi connectivity index (χ3n) is 2.07. The first-order valence-electron chi connectivity index (χ1n) is 4.68. The average molecular weight is 206 g/mol. The van der Waals surface area contributed by atoms with Crippen molar-refractivity contribution in [2.75, 3.05) is 13.6 Å². The standard InChI is InChI=1S/C10H14N4O/c1-8(4-11)6-13(2)10(15)9-5-12-14(3)7-9/h5,7-8H,6H2,1-3H3/t8-/m0/s1. The summed E-state index contributed by atoms with van der Waals surface area (Å²) in [7, 11) is 3.44. The van der Waals surface area contributed by atoms with Crippen molar-refractivity contribution in [1.29, 1.82) is 5.26 Å². The molecule has 80 valence electrons. The van der Waals surface area contributed by atoms with Gasteiger partial charge in [-0.3, -0.25) is 9.48 Å². The first-order chi connectivity index (χ1) is 7.04. The van der Waals surface area contributed by atoms with Gasteiger partial charge in [0.2, 0.25) is 0 Å². The monoisotopic (exact) mass is 206 g/mol. The molecule has 1 aromatic heterocycles. The Hall–Kier alpha value is -1.83. The summed E-state index contributed by atoms with van der Waals surface area (Å²) >= 11 is 0. The zero-order valence-electron chi connectivity index (χ0n) is 9.14. The molecule has 1 rings (SSSR count). The fraction of sp³-hybridized carbons (Fsp3) is 0.500. The predicted octanol–water partition coefficient (Wildman–Crippen LogP) is 0.652. The maximum Gasteiger partial charge on any atom is 0.256 e. The minimum Gasteiger partial charge on any atom is -0.340 e.